The first-order valence-corrected chi connectivity index (χ1v) is 6.73. The second-order valence-corrected chi connectivity index (χ2v) is 5.75. The minimum absolute atomic E-state index is 0.271. The fourth-order valence-electron chi connectivity index (χ4n) is 2.27. The molecule has 0 aliphatic carbocycles. The van der Waals surface area contributed by atoms with Crippen LogP contribution < -0.4 is 15.8 Å². The second kappa shape index (κ2) is 5.61. The molecule has 0 radical (unpaired) electrons. The quantitative estimate of drug-likeness (QED) is 0.848. The monoisotopic (exact) mass is 262 g/mol. The standard InChI is InChI=1S/C15H22N2O2/c1-15(2,14(16)18)10-17-9-11-7-8-19-13-6-4-3-5-12(11)13/h3-6,11,17H,7-10H2,1-2H3,(H2,16,18). The van der Waals surface area contributed by atoms with Gasteiger partial charge in [0.2, 0.25) is 5.91 Å². The summed E-state index contributed by atoms with van der Waals surface area (Å²) in [4.78, 5) is 11.3. The maximum atomic E-state index is 11.3. The third-order valence-corrected chi connectivity index (χ3v) is 3.71. The molecule has 1 heterocycles. The van der Waals surface area contributed by atoms with Crippen molar-refractivity contribution in [3.8, 4) is 5.75 Å². The van der Waals surface area contributed by atoms with Gasteiger partial charge in [0.15, 0.2) is 0 Å². The highest BCUT2D eigenvalue weighted by Crippen LogP contribution is 2.32. The summed E-state index contributed by atoms with van der Waals surface area (Å²) in [6.45, 7) is 5.92. The van der Waals surface area contributed by atoms with Crippen molar-refractivity contribution in [1.29, 1.82) is 0 Å². The van der Waals surface area contributed by atoms with Gasteiger partial charge in [0.25, 0.3) is 0 Å². The van der Waals surface area contributed by atoms with E-state index in [1.165, 1.54) is 5.56 Å². The van der Waals surface area contributed by atoms with Gasteiger partial charge < -0.3 is 15.8 Å². The molecule has 2 rings (SSSR count). The average Bonchev–Trinajstić information content (AvgIpc) is 2.38. The summed E-state index contributed by atoms with van der Waals surface area (Å²) in [5, 5.41) is 3.36. The maximum absolute atomic E-state index is 11.3. The number of ether oxygens (including phenoxy) is 1. The van der Waals surface area contributed by atoms with Crippen LogP contribution in [0.2, 0.25) is 0 Å². The number of para-hydroxylation sites is 1. The van der Waals surface area contributed by atoms with Gasteiger partial charge >= 0.3 is 0 Å². The lowest BCUT2D eigenvalue weighted by Gasteiger charge is -2.28. The number of fused-ring (bicyclic) bond motifs is 1. The lowest BCUT2D eigenvalue weighted by Crippen LogP contribution is -2.41. The van der Waals surface area contributed by atoms with Crippen LogP contribution in [-0.2, 0) is 4.79 Å². The molecule has 4 nitrogen and oxygen atoms in total. The van der Waals surface area contributed by atoms with E-state index in [1.54, 1.807) is 0 Å². The van der Waals surface area contributed by atoms with E-state index in [1.807, 2.05) is 32.0 Å². The third kappa shape index (κ3) is 3.26. The van der Waals surface area contributed by atoms with E-state index < -0.39 is 5.41 Å². The van der Waals surface area contributed by atoms with Crippen molar-refractivity contribution in [1.82, 2.24) is 5.32 Å². The summed E-state index contributed by atoms with van der Waals surface area (Å²) < 4.78 is 5.64. The molecule has 1 unspecified atom stereocenters. The molecule has 104 valence electrons. The number of carbonyl (C=O) groups excluding carboxylic acids is 1. The van der Waals surface area contributed by atoms with Crippen LogP contribution in [0.3, 0.4) is 0 Å². The Bertz CT molecular complexity index is 457. The molecule has 0 fully saturated rings. The number of rotatable bonds is 5. The van der Waals surface area contributed by atoms with Crippen LogP contribution in [0.1, 0.15) is 31.7 Å². The molecule has 1 aliphatic heterocycles. The largest absolute Gasteiger partial charge is 0.493 e. The molecule has 0 aromatic heterocycles. The van der Waals surface area contributed by atoms with Gasteiger partial charge in [0.1, 0.15) is 5.75 Å². The molecule has 4 heteroatoms. The summed E-state index contributed by atoms with van der Waals surface area (Å²) in [7, 11) is 0. The summed E-state index contributed by atoms with van der Waals surface area (Å²) in [5.41, 5.74) is 6.11. The van der Waals surface area contributed by atoms with Crippen LogP contribution >= 0.6 is 0 Å². The Morgan fingerprint density at radius 1 is 1.47 bits per heavy atom. The number of amides is 1. The third-order valence-electron chi connectivity index (χ3n) is 3.71. The first-order valence-electron chi connectivity index (χ1n) is 6.73. The van der Waals surface area contributed by atoms with E-state index >= 15 is 0 Å². The van der Waals surface area contributed by atoms with Crippen LogP contribution in [0.5, 0.6) is 5.75 Å². The number of nitrogens with one attached hydrogen (secondary N) is 1. The number of hydrogen-bond acceptors (Lipinski definition) is 3. The Labute approximate surface area is 114 Å². The highest BCUT2D eigenvalue weighted by atomic mass is 16.5. The molecule has 1 aromatic carbocycles. The molecule has 0 bridgehead atoms. The zero-order chi connectivity index (χ0) is 13.9. The predicted octanol–water partition coefficient (Wildman–Crippen LogP) is 1.65. The van der Waals surface area contributed by atoms with Gasteiger partial charge in [0, 0.05) is 19.0 Å². The lowest BCUT2D eigenvalue weighted by molar-refractivity contribution is -0.125. The van der Waals surface area contributed by atoms with Crippen molar-refractivity contribution >= 4 is 5.91 Å². The van der Waals surface area contributed by atoms with Gasteiger partial charge in [-0.2, -0.15) is 0 Å². The second-order valence-electron chi connectivity index (χ2n) is 5.75. The van der Waals surface area contributed by atoms with Crippen molar-refractivity contribution in [2.24, 2.45) is 11.1 Å². The van der Waals surface area contributed by atoms with Crippen LogP contribution in [0.4, 0.5) is 0 Å². The van der Waals surface area contributed by atoms with Gasteiger partial charge in [-0.1, -0.05) is 18.2 Å². The van der Waals surface area contributed by atoms with Crippen LogP contribution in [0.25, 0.3) is 0 Å². The van der Waals surface area contributed by atoms with Crippen molar-refractivity contribution in [2.75, 3.05) is 19.7 Å². The number of primary amides is 1. The molecular formula is C15H22N2O2. The minimum atomic E-state index is -0.509. The Kier molecular flexibility index (Phi) is 4.10. The van der Waals surface area contributed by atoms with E-state index in [0.717, 1.165) is 25.3 Å². The van der Waals surface area contributed by atoms with Gasteiger partial charge in [0.05, 0.1) is 12.0 Å². The Hall–Kier alpha value is -1.55. The molecule has 0 saturated carbocycles. The zero-order valence-corrected chi connectivity index (χ0v) is 11.6. The van der Waals surface area contributed by atoms with E-state index in [0.29, 0.717) is 12.5 Å². The summed E-state index contributed by atoms with van der Waals surface area (Å²) >= 11 is 0. The van der Waals surface area contributed by atoms with E-state index in [9.17, 15) is 4.79 Å². The fourth-order valence-corrected chi connectivity index (χ4v) is 2.27. The highest BCUT2D eigenvalue weighted by Gasteiger charge is 2.26. The molecule has 19 heavy (non-hydrogen) atoms. The van der Waals surface area contributed by atoms with Gasteiger partial charge in [-0.05, 0) is 31.9 Å². The summed E-state index contributed by atoms with van der Waals surface area (Å²) in [5.74, 6) is 1.15. The normalized spacial score (nSPS) is 18.5. The summed E-state index contributed by atoms with van der Waals surface area (Å²) in [6, 6.07) is 8.15. The van der Waals surface area contributed by atoms with Crippen molar-refractivity contribution in [3.05, 3.63) is 29.8 Å². The molecule has 0 spiro atoms. The van der Waals surface area contributed by atoms with E-state index in [-0.39, 0.29) is 5.91 Å². The highest BCUT2D eigenvalue weighted by molar-refractivity contribution is 5.80. The number of benzene rings is 1. The van der Waals surface area contributed by atoms with E-state index in [2.05, 4.69) is 11.4 Å². The van der Waals surface area contributed by atoms with Crippen LogP contribution in [-0.4, -0.2) is 25.6 Å². The molecule has 1 amide bonds. The molecule has 3 N–H and O–H groups in total. The SMILES string of the molecule is CC(C)(CNCC1CCOc2ccccc21)C(N)=O. The smallest absolute Gasteiger partial charge is 0.224 e. The van der Waals surface area contributed by atoms with Gasteiger partial charge in [-0.3, -0.25) is 4.79 Å². The molecular weight excluding hydrogens is 240 g/mol. The Balaban J connectivity index is 1.93. The lowest BCUT2D eigenvalue weighted by atomic mass is 9.90. The molecule has 1 atom stereocenters. The summed E-state index contributed by atoms with van der Waals surface area (Å²) in [6.07, 6.45) is 1.00. The average molecular weight is 262 g/mol. The van der Waals surface area contributed by atoms with Crippen molar-refractivity contribution in [3.63, 3.8) is 0 Å². The van der Waals surface area contributed by atoms with Gasteiger partial charge in [-0.15, -0.1) is 0 Å². The topological polar surface area (TPSA) is 64.3 Å². The fraction of sp³-hybridized carbons (Fsp3) is 0.533. The van der Waals surface area contributed by atoms with Crippen molar-refractivity contribution < 1.29 is 9.53 Å². The number of carbonyl (C=O) groups is 1. The molecule has 1 aliphatic rings. The predicted molar refractivity (Wildman–Crippen MR) is 75.1 cm³/mol. The zero-order valence-electron chi connectivity index (χ0n) is 11.6. The first-order chi connectivity index (χ1) is 9.00. The molecule has 0 saturated heterocycles. The van der Waals surface area contributed by atoms with Gasteiger partial charge in [-0.25, -0.2) is 0 Å². The maximum Gasteiger partial charge on any atom is 0.224 e. The number of hydrogen-bond donors (Lipinski definition) is 2. The first kappa shape index (κ1) is 13.9. The Morgan fingerprint density at radius 2 is 2.21 bits per heavy atom. The van der Waals surface area contributed by atoms with Crippen LogP contribution in [0, 0.1) is 5.41 Å². The van der Waals surface area contributed by atoms with E-state index in [4.69, 9.17) is 10.5 Å². The van der Waals surface area contributed by atoms with Crippen LogP contribution in [0.15, 0.2) is 24.3 Å². The number of nitrogens with two attached hydrogens (primary N) is 1. The minimum Gasteiger partial charge on any atom is -0.493 e. The Morgan fingerprint density at radius 3 is 2.95 bits per heavy atom. The van der Waals surface area contributed by atoms with Crippen molar-refractivity contribution in [2.45, 2.75) is 26.2 Å². The molecule has 1 aromatic rings.